The lowest BCUT2D eigenvalue weighted by atomic mass is 10.2. The van der Waals surface area contributed by atoms with Crippen molar-refractivity contribution in [2.24, 2.45) is 0 Å². The van der Waals surface area contributed by atoms with Crippen LogP contribution < -0.4 is 4.74 Å². The summed E-state index contributed by atoms with van der Waals surface area (Å²) in [6.45, 7) is 0. The maximum atomic E-state index is 11.1. The molecule has 0 atom stereocenters. The topological polar surface area (TPSA) is 55.0 Å². The fraction of sp³-hybridized carbons (Fsp3) is 0.0667. The predicted octanol–water partition coefficient (Wildman–Crippen LogP) is 4.19. The van der Waals surface area contributed by atoms with Gasteiger partial charge < -0.3 is 9.72 Å². The van der Waals surface area contributed by atoms with E-state index in [1.54, 1.807) is 25.3 Å². The van der Waals surface area contributed by atoms with Gasteiger partial charge in [0, 0.05) is 16.5 Å². The van der Waals surface area contributed by atoms with Crippen LogP contribution in [0.25, 0.3) is 11.0 Å². The molecule has 0 spiro atoms. The van der Waals surface area contributed by atoms with Gasteiger partial charge in [0.1, 0.15) is 5.75 Å². The van der Waals surface area contributed by atoms with Crippen LogP contribution in [0.5, 0.6) is 5.75 Å². The van der Waals surface area contributed by atoms with Gasteiger partial charge in [-0.05, 0) is 30.0 Å². The van der Waals surface area contributed by atoms with Crippen LogP contribution in [-0.4, -0.2) is 23.4 Å². The third kappa shape index (κ3) is 2.75. The zero-order valence-electron chi connectivity index (χ0n) is 11.1. The summed E-state index contributed by atoms with van der Waals surface area (Å²) < 4.78 is 5.18. The second-order valence-corrected chi connectivity index (χ2v) is 5.71. The molecule has 1 aromatic heterocycles. The standard InChI is InChI=1S/C15H11ClN2O2S/c1-20-10-5-6-12-13(7-10)18-15(17-12)21-14-9(8-19)3-2-4-11(14)16/h2-8H,1H3,(H,17,18). The SMILES string of the molecule is COc1ccc2nc(Sc3c(Cl)cccc3C=O)[nH]c2c1. The number of carbonyl (C=O) groups is 1. The number of aldehydes is 1. The van der Waals surface area contributed by atoms with Crippen LogP contribution in [0.3, 0.4) is 0 Å². The predicted molar refractivity (Wildman–Crippen MR) is 83.6 cm³/mol. The number of halogens is 1. The molecule has 0 radical (unpaired) electrons. The highest BCUT2D eigenvalue weighted by Crippen LogP contribution is 2.35. The fourth-order valence-corrected chi connectivity index (χ4v) is 3.16. The van der Waals surface area contributed by atoms with Crippen molar-refractivity contribution >= 4 is 40.7 Å². The minimum atomic E-state index is 0.530. The van der Waals surface area contributed by atoms with Crippen LogP contribution in [0.1, 0.15) is 10.4 Å². The Kier molecular flexibility index (Phi) is 3.86. The van der Waals surface area contributed by atoms with Crippen LogP contribution in [0, 0.1) is 0 Å². The minimum Gasteiger partial charge on any atom is -0.497 e. The van der Waals surface area contributed by atoms with E-state index in [9.17, 15) is 4.79 Å². The van der Waals surface area contributed by atoms with Crippen molar-refractivity contribution < 1.29 is 9.53 Å². The average molecular weight is 319 g/mol. The van der Waals surface area contributed by atoms with Gasteiger partial charge in [-0.1, -0.05) is 23.7 Å². The Hall–Kier alpha value is -1.98. The number of hydrogen-bond donors (Lipinski definition) is 1. The molecule has 21 heavy (non-hydrogen) atoms. The van der Waals surface area contributed by atoms with Gasteiger partial charge in [-0.15, -0.1) is 0 Å². The Labute approximate surface area is 130 Å². The highest BCUT2D eigenvalue weighted by molar-refractivity contribution is 7.99. The fourth-order valence-electron chi connectivity index (χ4n) is 1.96. The van der Waals surface area contributed by atoms with Crippen molar-refractivity contribution in [3.8, 4) is 5.75 Å². The number of hydrogen-bond acceptors (Lipinski definition) is 4. The van der Waals surface area contributed by atoms with Gasteiger partial charge in [0.05, 0.1) is 23.2 Å². The van der Waals surface area contributed by atoms with Gasteiger partial charge in [0.25, 0.3) is 0 Å². The Morgan fingerprint density at radius 2 is 2.19 bits per heavy atom. The van der Waals surface area contributed by atoms with E-state index in [0.29, 0.717) is 20.6 Å². The first-order chi connectivity index (χ1) is 10.2. The van der Waals surface area contributed by atoms with Crippen LogP contribution in [0.15, 0.2) is 46.5 Å². The van der Waals surface area contributed by atoms with Crippen molar-refractivity contribution in [3.05, 3.63) is 47.0 Å². The van der Waals surface area contributed by atoms with E-state index in [1.807, 2.05) is 18.2 Å². The Morgan fingerprint density at radius 1 is 1.33 bits per heavy atom. The first kappa shape index (κ1) is 14.0. The minimum absolute atomic E-state index is 0.530. The zero-order valence-corrected chi connectivity index (χ0v) is 12.7. The maximum absolute atomic E-state index is 11.1. The molecule has 0 bridgehead atoms. The van der Waals surface area contributed by atoms with E-state index in [0.717, 1.165) is 23.1 Å². The second kappa shape index (κ2) is 5.79. The molecular formula is C15H11ClN2O2S. The van der Waals surface area contributed by atoms with E-state index in [1.165, 1.54) is 11.8 Å². The molecule has 3 aromatic rings. The molecule has 0 aliphatic carbocycles. The molecule has 0 unspecified atom stereocenters. The lowest BCUT2D eigenvalue weighted by molar-refractivity contribution is 0.112. The summed E-state index contributed by atoms with van der Waals surface area (Å²) in [4.78, 5) is 19.5. The second-order valence-electron chi connectivity index (χ2n) is 4.30. The van der Waals surface area contributed by atoms with Crippen LogP contribution in [-0.2, 0) is 0 Å². The summed E-state index contributed by atoms with van der Waals surface area (Å²) in [5.74, 6) is 0.758. The summed E-state index contributed by atoms with van der Waals surface area (Å²) in [5, 5.41) is 1.21. The molecular weight excluding hydrogens is 308 g/mol. The molecule has 2 aromatic carbocycles. The van der Waals surface area contributed by atoms with Crippen LogP contribution >= 0.6 is 23.4 Å². The maximum Gasteiger partial charge on any atom is 0.171 e. The van der Waals surface area contributed by atoms with Crippen molar-refractivity contribution in [1.29, 1.82) is 0 Å². The molecule has 106 valence electrons. The van der Waals surface area contributed by atoms with E-state index in [4.69, 9.17) is 16.3 Å². The van der Waals surface area contributed by atoms with Crippen molar-refractivity contribution in [2.75, 3.05) is 7.11 Å². The number of aromatic amines is 1. The molecule has 0 saturated heterocycles. The Balaban J connectivity index is 2.00. The highest BCUT2D eigenvalue weighted by atomic mass is 35.5. The number of fused-ring (bicyclic) bond motifs is 1. The van der Waals surface area contributed by atoms with E-state index in [2.05, 4.69) is 9.97 Å². The third-order valence-corrected chi connectivity index (χ3v) is 4.46. The van der Waals surface area contributed by atoms with Gasteiger partial charge in [0.2, 0.25) is 0 Å². The molecule has 1 N–H and O–H groups in total. The number of ether oxygens (including phenoxy) is 1. The number of methoxy groups -OCH3 is 1. The van der Waals surface area contributed by atoms with Crippen molar-refractivity contribution in [2.45, 2.75) is 10.1 Å². The van der Waals surface area contributed by atoms with Gasteiger partial charge in [0.15, 0.2) is 11.4 Å². The average Bonchev–Trinajstić information content (AvgIpc) is 2.90. The summed E-state index contributed by atoms with van der Waals surface area (Å²) in [6, 6.07) is 10.8. The quantitative estimate of drug-likeness (QED) is 0.733. The number of rotatable bonds is 4. The lowest BCUT2D eigenvalue weighted by Crippen LogP contribution is -1.86. The highest BCUT2D eigenvalue weighted by Gasteiger charge is 2.11. The smallest absolute Gasteiger partial charge is 0.171 e. The largest absolute Gasteiger partial charge is 0.497 e. The molecule has 3 rings (SSSR count). The van der Waals surface area contributed by atoms with Gasteiger partial charge in [-0.25, -0.2) is 4.98 Å². The Bertz CT molecular complexity index is 817. The molecule has 0 amide bonds. The molecule has 4 nitrogen and oxygen atoms in total. The summed E-state index contributed by atoms with van der Waals surface area (Å²) in [5.41, 5.74) is 2.25. The summed E-state index contributed by atoms with van der Waals surface area (Å²) in [6.07, 6.45) is 0.792. The first-order valence-corrected chi connectivity index (χ1v) is 7.36. The monoisotopic (exact) mass is 318 g/mol. The lowest BCUT2D eigenvalue weighted by Gasteiger charge is -2.04. The molecule has 0 saturated carbocycles. The van der Waals surface area contributed by atoms with E-state index < -0.39 is 0 Å². The number of carbonyl (C=O) groups excluding carboxylic acids is 1. The normalized spacial score (nSPS) is 10.8. The summed E-state index contributed by atoms with van der Waals surface area (Å²) in [7, 11) is 1.62. The molecule has 6 heteroatoms. The van der Waals surface area contributed by atoms with E-state index in [-0.39, 0.29) is 0 Å². The van der Waals surface area contributed by atoms with Crippen molar-refractivity contribution in [3.63, 3.8) is 0 Å². The molecule has 0 fully saturated rings. The van der Waals surface area contributed by atoms with Gasteiger partial charge >= 0.3 is 0 Å². The van der Waals surface area contributed by atoms with E-state index >= 15 is 0 Å². The zero-order chi connectivity index (χ0) is 14.8. The molecule has 1 heterocycles. The number of aromatic nitrogens is 2. The molecule has 0 aliphatic rings. The molecule has 0 aliphatic heterocycles. The van der Waals surface area contributed by atoms with Crippen LogP contribution in [0.2, 0.25) is 5.02 Å². The Morgan fingerprint density at radius 3 is 2.95 bits per heavy atom. The van der Waals surface area contributed by atoms with Crippen LogP contribution in [0.4, 0.5) is 0 Å². The van der Waals surface area contributed by atoms with Gasteiger partial charge in [-0.3, -0.25) is 4.79 Å². The number of imidazole rings is 1. The van der Waals surface area contributed by atoms with Gasteiger partial charge in [-0.2, -0.15) is 0 Å². The number of H-pyrrole nitrogens is 1. The number of nitrogens with one attached hydrogen (secondary N) is 1. The van der Waals surface area contributed by atoms with Crippen molar-refractivity contribution in [1.82, 2.24) is 9.97 Å². The number of benzene rings is 2. The third-order valence-electron chi connectivity index (χ3n) is 2.99. The first-order valence-electron chi connectivity index (χ1n) is 6.16. The summed E-state index contributed by atoms with van der Waals surface area (Å²) >= 11 is 7.50. The number of nitrogens with zero attached hydrogens (tertiary/aromatic N) is 1.